The second-order valence-corrected chi connectivity index (χ2v) is 4.38. The molecule has 6 heteroatoms. The Bertz CT molecular complexity index is 519. The van der Waals surface area contributed by atoms with E-state index in [0.29, 0.717) is 5.82 Å². The van der Waals surface area contributed by atoms with Gasteiger partial charge in [-0.1, -0.05) is 0 Å². The van der Waals surface area contributed by atoms with Crippen molar-refractivity contribution < 1.29 is 10.2 Å². The van der Waals surface area contributed by atoms with Crippen molar-refractivity contribution >= 4 is 16.9 Å². The fourth-order valence-electron chi connectivity index (χ4n) is 1.57. The minimum atomic E-state index is -0.807. The van der Waals surface area contributed by atoms with Gasteiger partial charge in [0.1, 0.15) is 5.52 Å². The molecule has 2 aromatic rings. The fraction of sp³-hybridized carbons (Fsp3) is 0.455. The molecule has 6 nitrogen and oxygen atoms in total. The van der Waals surface area contributed by atoms with E-state index in [0.717, 1.165) is 11.0 Å². The number of pyridine rings is 1. The summed E-state index contributed by atoms with van der Waals surface area (Å²) in [6, 6.07) is 1.86. The van der Waals surface area contributed by atoms with E-state index in [1.807, 2.05) is 17.7 Å². The van der Waals surface area contributed by atoms with Gasteiger partial charge in [-0.25, -0.2) is 9.97 Å². The number of nitrogens with zero attached hydrogens (tertiary/aromatic N) is 3. The molecule has 17 heavy (non-hydrogen) atoms. The first-order valence-electron chi connectivity index (χ1n) is 5.35. The molecule has 0 radical (unpaired) electrons. The summed E-state index contributed by atoms with van der Waals surface area (Å²) in [5, 5.41) is 21.5. The van der Waals surface area contributed by atoms with Crippen molar-refractivity contribution in [3.05, 3.63) is 18.6 Å². The highest BCUT2D eigenvalue weighted by Crippen LogP contribution is 2.21. The van der Waals surface area contributed by atoms with Gasteiger partial charge in [-0.05, 0) is 13.0 Å². The zero-order valence-electron chi connectivity index (χ0n) is 9.88. The first-order chi connectivity index (χ1) is 8.09. The van der Waals surface area contributed by atoms with Gasteiger partial charge in [0, 0.05) is 13.2 Å². The third-order valence-electron chi connectivity index (χ3n) is 2.76. The average Bonchev–Trinajstić information content (AvgIpc) is 2.72. The van der Waals surface area contributed by atoms with Gasteiger partial charge < -0.3 is 20.1 Å². The molecule has 2 heterocycles. The summed E-state index contributed by atoms with van der Waals surface area (Å²) in [7, 11) is 1.90. The molecule has 0 atom stereocenters. The molecule has 0 aliphatic heterocycles. The number of aliphatic hydroxyl groups excluding tert-OH is 2. The van der Waals surface area contributed by atoms with Crippen molar-refractivity contribution in [2.75, 3.05) is 18.5 Å². The quantitative estimate of drug-likeness (QED) is 0.702. The van der Waals surface area contributed by atoms with Crippen LogP contribution in [0.25, 0.3) is 11.0 Å². The molecule has 0 saturated carbocycles. The van der Waals surface area contributed by atoms with Crippen LogP contribution < -0.4 is 5.32 Å². The lowest BCUT2D eigenvalue weighted by Gasteiger charge is -2.26. The van der Waals surface area contributed by atoms with Crippen molar-refractivity contribution in [3.8, 4) is 0 Å². The molecule has 0 amide bonds. The van der Waals surface area contributed by atoms with Crippen molar-refractivity contribution in [1.82, 2.24) is 14.5 Å². The van der Waals surface area contributed by atoms with Crippen LogP contribution in [0.1, 0.15) is 6.92 Å². The SMILES string of the molecule is Cn1cnc2c(NC(C)(CO)CO)nccc21. The number of imidazole rings is 1. The predicted octanol–water partition coefficient (Wildman–Crippen LogP) is 0.123. The maximum Gasteiger partial charge on any atom is 0.154 e. The van der Waals surface area contributed by atoms with Crippen LogP contribution in [0, 0.1) is 0 Å². The Balaban J connectivity index is 2.42. The van der Waals surface area contributed by atoms with Crippen molar-refractivity contribution in [2.24, 2.45) is 7.05 Å². The van der Waals surface area contributed by atoms with E-state index in [-0.39, 0.29) is 13.2 Å². The first kappa shape index (κ1) is 11.8. The van der Waals surface area contributed by atoms with Gasteiger partial charge in [-0.2, -0.15) is 0 Å². The standard InChI is InChI=1S/C11H16N4O2/c1-11(5-16,6-17)14-10-9-8(3-4-12-10)15(2)7-13-9/h3-4,7,16-17H,5-6H2,1-2H3,(H,12,14). The molecule has 0 aliphatic rings. The summed E-state index contributed by atoms with van der Waals surface area (Å²) in [6.45, 7) is 1.35. The molecule has 0 fully saturated rings. The normalized spacial score (nSPS) is 12.0. The highest BCUT2D eigenvalue weighted by Gasteiger charge is 2.23. The molecule has 0 aromatic carbocycles. The Hall–Kier alpha value is -1.66. The third kappa shape index (κ3) is 2.09. The Kier molecular flexibility index (Phi) is 2.99. The lowest BCUT2D eigenvalue weighted by atomic mass is 10.1. The van der Waals surface area contributed by atoms with Crippen LogP contribution in [0.4, 0.5) is 5.82 Å². The second kappa shape index (κ2) is 4.31. The number of nitrogens with one attached hydrogen (secondary N) is 1. The maximum atomic E-state index is 9.25. The van der Waals surface area contributed by atoms with E-state index >= 15 is 0 Å². The molecule has 0 unspecified atom stereocenters. The number of hydrogen-bond acceptors (Lipinski definition) is 5. The van der Waals surface area contributed by atoms with Crippen LogP contribution in [0.2, 0.25) is 0 Å². The largest absolute Gasteiger partial charge is 0.394 e. The lowest BCUT2D eigenvalue weighted by Crippen LogP contribution is -2.42. The summed E-state index contributed by atoms with van der Waals surface area (Å²) in [5.41, 5.74) is 0.863. The molecule has 2 rings (SSSR count). The highest BCUT2D eigenvalue weighted by molar-refractivity contribution is 5.86. The number of hydrogen-bond donors (Lipinski definition) is 3. The highest BCUT2D eigenvalue weighted by atomic mass is 16.3. The predicted molar refractivity (Wildman–Crippen MR) is 64.7 cm³/mol. The smallest absolute Gasteiger partial charge is 0.154 e. The minimum absolute atomic E-state index is 0.186. The number of anilines is 1. The Morgan fingerprint density at radius 1 is 1.35 bits per heavy atom. The topological polar surface area (TPSA) is 83.2 Å². The van der Waals surface area contributed by atoms with Gasteiger partial charge >= 0.3 is 0 Å². The number of fused-ring (bicyclic) bond motifs is 1. The van der Waals surface area contributed by atoms with E-state index in [1.54, 1.807) is 19.4 Å². The number of aryl methyl sites for hydroxylation is 1. The summed E-state index contributed by atoms with van der Waals surface area (Å²) in [6.07, 6.45) is 3.37. The molecule has 2 aromatic heterocycles. The van der Waals surface area contributed by atoms with Crippen LogP contribution in [-0.4, -0.2) is 43.5 Å². The monoisotopic (exact) mass is 236 g/mol. The summed E-state index contributed by atoms with van der Waals surface area (Å²) >= 11 is 0. The van der Waals surface area contributed by atoms with Gasteiger partial charge in [0.05, 0.1) is 30.6 Å². The Labute approximate surface area is 98.9 Å². The van der Waals surface area contributed by atoms with Crippen LogP contribution in [0.3, 0.4) is 0 Å². The molecule has 92 valence electrons. The van der Waals surface area contributed by atoms with Gasteiger partial charge in [-0.15, -0.1) is 0 Å². The second-order valence-electron chi connectivity index (χ2n) is 4.38. The molecule has 0 aliphatic carbocycles. The van der Waals surface area contributed by atoms with E-state index in [1.165, 1.54) is 0 Å². The summed E-state index contributed by atoms with van der Waals surface area (Å²) < 4.78 is 1.89. The van der Waals surface area contributed by atoms with Crippen LogP contribution in [0.15, 0.2) is 18.6 Å². The van der Waals surface area contributed by atoms with Crippen molar-refractivity contribution in [3.63, 3.8) is 0 Å². The van der Waals surface area contributed by atoms with Crippen LogP contribution >= 0.6 is 0 Å². The minimum Gasteiger partial charge on any atom is -0.394 e. The molecular formula is C11H16N4O2. The van der Waals surface area contributed by atoms with Gasteiger partial charge in [0.15, 0.2) is 5.82 Å². The molecular weight excluding hydrogens is 220 g/mol. The van der Waals surface area contributed by atoms with Gasteiger partial charge in [0.25, 0.3) is 0 Å². The number of rotatable bonds is 4. The van der Waals surface area contributed by atoms with Gasteiger partial charge in [0.2, 0.25) is 0 Å². The van der Waals surface area contributed by atoms with Crippen molar-refractivity contribution in [2.45, 2.75) is 12.5 Å². The Morgan fingerprint density at radius 3 is 2.71 bits per heavy atom. The molecule has 0 spiro atoms. The molecule has 3 N–H and O–H groups in total. The maximum absolute atomic E-state index is 9.25. The zero-order valence-corrected chi connectivity index (χ0v) is 9.88. The number of aromatic nitrogens is 3. The Morgan fingerprint density at radius 2 is 2.06 bits per heavy atom. The third-order valence-corrected chi connectivity index (χ3v) is 2.76. The molecule has 0 bridgehead atoms. The lowest BCUT2D eigenvalue weighted by molar-refractivity contribution is 0.147. The summed E-state index contributed by atoms with van der Waals surface area (Å²) in [4.78, 5) is 8.44. The fourth-order valence-corrected chi connectivity index (χ4v) is 1.57. The molecule has 0 saturated heterocycles. The van der Waals surface area contributed by atoms with Crippen LogP contribution in [0.5, 0.6) is 0 Å². The number of aliphatic hydroxyl groups is 2. The van der Waals surface area contributed by atoms with E-state index in [9.17, 15) is 10.2 Å². The van der Waals surface area contributed by atoms with Crippen molar-refractivity contribution in [1.29, 1.82) is 0 Å². The van der Waals surface area contributed by atoms with Crippen LogP contribution in [-0.2, 0) is 7.05 Å². The average molecular weight is 236 g/mol. The van der Waals surface area contributed by atoms with Gasteiger partial charge in [-0.3, -0.25) is 0 Å². The zero-order chi connectivity index (χ0) is 12.5. The first-order valence-corrected chi connectivity index (χ1v) is 5.35. The summed E-state index contributed by atoms with van der Waals surface area (Å²) in [5.74, 6) is 0.564. The van der Waals surface area contributed by atoms with E-state index < -0.39 is 5.54 Å². The van der Waals surface area contributed by atoms with E-state index in [2.05, 4.69) is 15.3 Å². The van der Waals surface area contributed by atoms with E-state index in [4.69, 9.17) is 0 Å².